The zero-order valence-corrected chi connectivity index (χ0v) is 15.1. The first-order valence-corrected chi connectivity index (χ1v) is 8.90. The topological polar surface area (TPSA) is 90.2 Å². The van der Waals surface area contributed by atoms with Crippen LogP contribution in [0.3, 0.4) is 0 Å². The van der Waals surface area contributed by atoms with Gasteiger partial charge in [-0.3, -0.25) is 10.1 Å². The Morgan fingerprint density at radius 2 is 1.88 bits per heavy atom. The molecule has 1 aromatic heterocycles. The molecule has 0 radical (unpaired) electrons. The number of anilines is 2. The molecule has 1 heterocycles. The van der Waals surface area contributed by atoms with Gasteiger partial charge in [0.05, 0.1) is 4.92 Å². The van der Waals surface area contributed by atoms with Crippen LogP contribution < -0.4 is 10.1 Å². The number of halogens is 1. The molecule has 24 heavy (non-hydrogen) atoms. The van der Waals surface area contributed by atoms with E-state index in [-0.39, 0.29) is 23.5 Å². The molecule has 0 amide bonds. The lowest BCUT2D eigenvalue weighted by Crippen LogP contribution is -2.21. The lowest BCUT2D eigenvalue weighted by molar-refractivity contribution is -0.385. The van der Waals surface area contributed by atoms with Crippen molar-refractivity contribution in [2.75, 3.05) is 5.32 Å². The van der Waals surface area contributed by atoms with Gasteiger partial charge in [0.15, 0.2) is 0 Å². The van der Waals surface area contributed by atoms with Gasteiger partial charge in [-0.2, -0.15) is 4.98 Å². The highest BCUT2D eigenvalue weighted by molar-refractivity contribution is 14.1. The standard InChI is InChI=1S/C16H17IN4O3/c17-11-6-8-12(9-7-11)20-15-14(21(22)23)16(19-10-18-15)24-13-4-2-1-3-5-13/h6-10,13H,1-5H2,(H,18,19,20). The van der Waals surface area contributed by atoms with Crippen LogP contribution in [0.4, 0.5) is 17.2 Å². The molecule has 0 spiro atoms. The first-order chi connectivity index (χ1) is 11.6. The van der Waals surface area contributed by atoms with Gasteiger partial charge in [-0.15, -0.1) is 0 Å². The summed E-state index contributed by atoms with van der Waals surface area (Å²) in [6.07, 6.45) is 6.43. The molecule has 0 unspecified atom stereocenters. The smallest absolute Gasteiger partial charge is 0.373 e. The number of aromatic nitrogens is 2. The summed E-state index contributed by atoms with van der Waals surface area (Å²) in [5, 5.41) is 14.5. The fourth-order valence-corrected chi connectivity index (χ4v) is 3.08. The van der Waals surface area contributed by atoms with Gasteiger partial charge in [0.25, 0.3) is 5.88 Å². The van der Waals surface area contributed by atoms with Gasteiger partial charge in [-0.05, 0) is 72.5 Å². The van der Waals surface area contributed by atoms with E-state index in [0.29, 0.717) is 0 Å². The number of nitro groups is 1. The van der Waals surface area contributed by atoms with Crippen LogP contribution in [0.2, 0.25) is 0 Å². The van der Waals surface area contributed by atoms with E-state index in [2.05, 4.69) is 37.9 Å². The van der Waals surface area contributed by atoms with Crippen molar-refractivity contribution in [2.45, 2.75) is 38.2 Å². The number of rotatable bonds is 5. The van der Waals surface area contributed by atoms with Crippen molar-refractivity contribution < 1.29 is 9.66 Å². The summed E-state index contributed by atoms with van der Waals surface area (Å²) in [5.41, 5.74) is 0.502. The van der Waals surface area contributed by atoms with Crippen molar-refractivity contribution in [3.8, 4) is 5.88 Å². The number of nitrogens with one attached hydrogen (secondary N) is 1. The van der Waals surface area contributed by atoms with Crippen LogP contribution >= 0.6 is 22.6 Å². The molecule has 3 rings (SSSR count). The predicted molar refractivity (Wildman–Crippen MR) is 98.6 cm³/mol. The zero-order chi connectivity index (χ0) is 16.9. The normalized spacial score (nSPS) is 15.0. The fraction of sp³-hybridized carbons (Fsp3) is 0.375. The average molecular weight is 440 g/mol. The Labute approximate surface area is 153 Å². The van der Waals surface area contributed by atoms with Gasteiger partial charge in [-0.1, -0.05) is 6.42 Å². The van der Waals surface area contributed by atoms with Crippen molar-refractivity contribution in [3.05, 3.63) is 44.3 Å². The van der Waals surface area contributed by atoms with E-state index in [1.165, 1.54) is 12.7 Å². The molecule has 8 heteroatoms. The Morgan fingerprint density at radius 3 is 2.54 bits per heavy atom. The van der Waals surface area contributed by atoms with E-state index < -0.39 is 4.92 Å². The number of benzene rings is 1. The predicted octanol–water partition coefficient (Wildman–Crippen LogP) is 4.44. The second-order valence-corrected chi connectivity index (χ2v) is 6.89. The molecule has 2 aromatic rings. The zero-order valence-electron chi connectivity index (χ0n) is 12.9. The van der Waals surface area contributed by atoms with Gasteiger partial charge in [0.2, 0.25) is 5.82 Å². The van der Waals surface area contributed by atoms with Crippen molar-refractivity contribution in [1.82, 2.24) is 9.97 Å². The van der Waals surface area contributed by atoms with Gasteiger partial charge in [0.1, 0.15) is 12.4 Å². The van der Waals surface area contributed by atoms with E-state index in [0.717, 1.165) is 34.9 Å². The SMILES string of the molecule is O=[N+]([O-])c1c(Nc2ccc(I)cc2)ncnc1OC1CCCCC1. The summed E-state index contributed by atoms with van der Waals surface area (Å²) in [6.45, 7) is 0. The number of hydrogen-bond acceptors (Lipinski definition) is 6. The molecular formula is C16H17IN4O3. The van der Waals surface area contributed by atoms with E-state index in [1.54, 1.807) is 0 Å². The van der Waals surface area contributed by atoms with Gasteiger partial charge < -0.3 is 10.1 Å². The van der Waals surface area contributed by atoms with Crippen molar-refractivity contribution in [3.63, 3.8) is 0 Å². The third kappa shape index (κ3) is 4.11. The molecular weight excluding hydrogens is 423 g/mol. The van der Waals surface area contributed by atoms with Gasteiger partial charge in [0, 0.05) is 9.26 Å². The van der Waals surface area contributed by atoms with E-state index in [9.17, 15) is 10.1 Å². The lowest BCUT2D eigenvalue weighted by Gasteiger charge is -2.22. The van der Waals surface area contributed by atoms with Crippen LogP contribution in [-0.2, 0) is 0 Å². The van der Waals surface area contributed by atoms with Crippen LogP contribution in [0.5, 0.6) is 5.88 Å². The van der Waals surface area contributed by atoms with E-state index >= 15 is 0 Å². The van der Waals surface area contributed by atoms with Crippen LogP contribution in [0.15, 0.2) is 30.6 Å². The first-order valence-electron chi connectivity index (χ1n) is 7.82. The summed E-state index contributed by atoms with van der Waals surface area (Å²) < 4.78 is 6.89. The number of hydrogen-bond donors (Lipinski definition) is 1. The van der Waals surface area contributed by atoms with Crippen molar-refractivity contribution in [1.29, 1.82) is 0 Å². The Morgan fingerprint density at radius 1 is 1.17 bits per heavy atom. The molecule has 0 atom stereocenters. The van der Waals surface area contributed by atoms with E-state index in [1.807, 2.05) is 24.3 Å². The molecule has 1 N–H and O–H groups in total. The maximum absolute atomic E-state index is 11.5. The van der Waals surface area contributed by atoms with Gasteiger partial charge in [-0.25, -0.2) is 4.98 Å². The third-order valence-electron chi connectivity index (χ3n) is 3.91. The molecule has 1 aliphatic carbocycles. The highest BCUT2D eigenvalue weighted by Gasteiger charge is 2.27. The van der Waals surface area contributed by atoms with Crippen LogP contribution in [-0.4, -0.2) is 21.0 Å². The number of nitrogens with zero attached hydrogens (tertiary/aromatic N) is 3. The van der Waals surface area contributed by atoms with Crippen molar-refractivity contribution >= 4 is 39.8 Å². The molecule has 0 aliphatic heterocycles. The molecule has 0 bridgehead atoms. The maximum Gasteiger partial charge on any atom is 0.373 e. The summed E-state index contributed by atoms with van der Waals surface area (Å²) in [5.74, 6) is 0.178. The molecule has 1 aromatic carbocycles. The second kappa shape index (κ2) is 7.73. The number of ether oxygens (including phenoxy) is 1. The minimum Gasteiger partial charge on any atom is -0.469 e. The molecule has 7 nitrogen and oxygen atoms in total. The third-order valence-corrected chi connectivity index (χ3v) is 4.63. The largest absolute Gasteiger partial charge is 0.469 e. The average Bonchev–Trinajstić information content (AvgIpc) is 2.58. The molecule has 1 saturated carbocycles. The van der Waals surface area contributed by atoms with Gasteiger partial charge >= 0.3 is 5.69 Å². The lowest BCUT2D eigenvalue weighted by atomic mass is 9.98. The Balaban J connectivity index is 1.86. The molecule has 0 saturated heterocycles. The summed E-state index contributed by atoms with van der Waals surface area (Å²) in [6, 6.07) is 7.51. The highest BCUT2D eigenvalue weighted by Crippen LogP contribution is 2.35. The maximum atomic E-state index is 11.5. The Kier molecular flexibility index (Phi) is 5.44. The summed E-state index contributed by atoms with van der Waals surface area (Å²) >= 11 is 2.20. The van der Waals surface area contributed by atoms with E-state index in [4.69, 9.17) is 4.74 Å². The monoisotopic (exact) mass is 440 g/mol. The Hall–Kier alpha value is -1.97. The fourth-order valence-electron chi connectivity index (χ4n) is 2.72. The first kappa shape index (κ1) is 16.9. The van der Waals surface area contributed by atoms with Crippen molar-refractivity contribution in [2.24, 2.45) is 0 Å². The molecule has 1 aliphatic rings. The summed E-state index contributed by atoms with van der Waals surface area (Å²) in [4.78, 5) is 19.1. The molecule has 1 fully saturated rings. The van der Waals surface area contributed by atoms with Crippen LogP contribution in [0.25, 0.3) is 0 Å². The molecule has 126 valence electrons. The summed E-state index contributed by atoms with van der Waals surface area (Å²) in [7, 11) is 0. The van der Waals surface area contributed by atoms with Crippen LogP contribution in [0.1, 0.15) is 32.1 Å². The Bertz CT molecular complexity index is 718. The van der Waals surface area contributed by atoms with Crippen LogP contribution in [0, 0.1) is 13.7 Å². The second-order valence-electron chi connectivity index (χ2n) is 5.64. The minimum absolute atomic E-state index is 0.0153. The minimum atomic E-state index is -0.493. The quantitative estimate of drug-likeness (QED) is 0.420. The highest BCUT2D eigenvalue weighted by atomic mass is 127.